The second kappa shape index (κ2) is 20.0. The molecule has 0 atom stereocenters. The number of amidine groups is 3. The first-order valence-electron chi connectivity index (χ1n) is 11.0. The fraction of sp³-hybridized carbons (Fsp3) is 0.318. The molecule has 36 heavy (non-hydrogen) atoms. The molecule has 1 aromatic carbocycles. The summed E-state index contributed by atoms with van der Waals surface area (Å²) in [5.74, 6) is 0.134. The van der Waals surface area contributed by atoms with Crippen molar-refractivity contribution in [3.8, 4) is 0 Å². The van der Waals surface area contributed by atoms with Crippen LogP contribution in [0, 0.1) is 0 Å². The highest BCUT2D eigenvalue weighted by atomic mass is 16.4. The van der Waals surface area contributed by atoms with Crippen LogP contribution in [0.3, 0.4) is 0 Å². The number of rotatable bonds is 10. The molecule has 0 amide bonds. The topological polar surface area (TPSA) is 269 Å². The Morgan fingerprint density at radius 2 is 1.50 bits per heavy atom. The number of benzene rings is 1. The molecule has 14 heteroatoms. The molecule has 0 saturated carbocycles. The quantitative estimate of drug-likeness (QED) is 0.0986. The molecule has 1 aromatic heterocycles. The molecule has 0 radical (unpaired) electrons. The summed E-state index contributed by atoms with van der Waals surface area (Å²) < 4.78 is 0. The van der Waals surface area contributed by atoms with E-state index in [0.717, 1.165) is 32.1 Å². The lowest BCUT2D eigenvalue weighted by Crippen LogP contribution is -2.17. The molecule has 0 saturated heterocycles. The van der Waals surface area contributed by atoms with Crippen molar-refractivity contribution in [1.82, 2.24) is 9.97 Å². The van der Waals surface area contributed by atoms with Crippen LogP contribution in [0.1, 0.15) is 54.4 Å². The lowest BCUT2D eigenvalue weighted by Gasteiger charge is -1.99. The van der Waals surface area contributed by atoms with E-state index in [0.29, 0.717) is 30.2 Å². The van der Waals surface area contributed by atoms with Crippen molar-refractivity contribution < 1.29 is 9.90 Å². The normalized spacial score (nSPS) is 11.8. The van der Waals surface area contributed by atoms with Gasteiger partial charge >= 0.3 is 5.97 Å². The molecule has 0 aliphatic carbocycles. The number of carbonyl (C=O) groups is 1. The van der Waals surface area contributed by atoms with E-state index in [1.54, 1.807) is 30.6 Å². The predicted molar refractivity (Wildman–Crippen MR) is 143 cm³/mol. The number of hydrogen-bond acceptors (Lipinski definition) is 9. The maximum atomic E-state index is 10.6. The standard InChI is InChI=1S/C11H19N7.C9H10N4O2.C2H7N/c12-6-3-1-2-5-9(13)17-18-10(14)11-15-7-4-8-16-11;10-5-12-13-8(11)6-1-3-7(4-2-6)9(14)15;1-2-3/h4,7-8H,1-3,5-6,12H2,(H2,13,17)(H2,14,18);1-5H,(H2,10,12)(H2,11,13)(H,14,15);2-3H2,1H3. The lowest BCUT2D eigenvalue weighted by molar-refractivity contribution is 0.0697. The maximum absolute atomic E-state index is 10.6. The summed E-state index contributed by atoms with van der Waals surface area (Å²) >= 11 is 0. The van der Waals surface area contributed by atoms with Gasteiger partial charge in [-0.1, -0.05) is 25.5 Å². The Balaban J connectivity index is 0.000000621. The Bertz CT molecular complexity index is 990. The van der Waals surface area contributed by atoms with Crippen LogP contribution in [0.25, 0.3) is 0 Å². The van der Waals surface area contributed by atoms with Gasteiger partial charge in [0.2, 0.25) is 0 Å². The van der Waals surface area contributed by atoms with Crippen molar-refractivity contribution >= 4 is 29.8 Å². The fourth-order valence-electron chi connectivity index (χ4n) is 2.21. The number of hydrogen-bond donors (Lipinski definition) is 7. The molecule has 14 nitrogen and oxygen atoms in total. The molecule has 0 bridgehead atoms. The molecule has 1 heterocycles. The van der Waals surface area contributed by atoms with Gasteiger partial charge in [-0.3, -0.25) is 0 Å². The van der Waals surface area contributed by atoms with E-state index in [1.165, 1.54) is 12.1 Å². The summed E-state index contributed by atoms with van der Waals surface area (Å²) in [6, 6.07) is 7.67. The van der Waals surface area contributed by atoms with E-state index in [-0.39, 0.29) is 17.2 Å². The maximum Gasteiger partial charge on any atom is 0.335 e. The van der Waals surface area contributed by atoms with Gasteiger partial charge in [-0.2, -0.15) is 0 Å². The number of aromatic carboxylic acids is 1. The van der Waals surface area contributed by atoms with Gasteiger partial charge in [0.25, 0.3) is 0 Å². The van der Waals surface area contributed by atoms with Gasteiger partial charge in [0, 0.05) is 24.4 Å². The summed E-state index contributed by atoms with van der Waals surface area (Å²) in [4.78, 5) is 18.5. The Labute approximate surface area is 210 Å². The van der Waals surface area contributed by atoms with Gasteiger partial charge in [-0.05, 0) is 44.1 Å². The molecule has 0 fully saturated rings. The molecule has 0 spiro atoms. The molecule has 2 rings (SSSR count). The van der Waals surface area contributed by atoms with Crippen molar-refractivity contribution in [2.75, 3.05) is 13.1 Å². The zero-order valence-electron chi connectivity index (χ0n) is 20.4. The third-order valence-corrected chi connectivity index (χ3v) is 3.88. The van der Waals surface area contributed by atoms with Crippen molar-refractivity contribution in [2.45, 2.75) is 32.6 Å². The van der Waals surface area contributed by atoms with Gasteiger partial charge in [0.15, 0.2) is 17.5 Å². The zero-order valence-corrected chi connectivity index (χ0v) is 20.4. The number of unbranched alkanes of at least 4 members (excludes halogenated alkanes) is 2. The van der Waals surface area contributed by atoms with E-state index >= 15 is 0 Å². The third-order valence-electron chi connectivity index (χ3n) is 3.88. The number of nitrogens with two attached hydrogens (primary N) is 6. The van der Waals surface area contributed by atoms with E-state index in [4.69, 9.17) is 39.5 Å². The van der Waals surface area contributed by atoms with Crippen LogP contribution in [0.15, 0.2) is 63.1 Å². The van der Waals surface area contributed by atoms with Gasteiger partial charge in [-0.25, -0.2) is 14.8 Å². The zero-order chi connectivity index (χ0) is 27.2. The monoisotopic (exact) mass is 500 g/mol. The Morgan fingerprint density at radius 3 is 2.03 bits per heavy atom. The van der Waals surface area contributed by atoms with Crippen LogP contribution >= 0.6 is 0 Å². The minimum atomic E-state index is -0.989. The molecule has 0 unspecified atom stereocenters. The first kappa shape index (κ1) is 31.6. The van der Waals surface area contributed by atoms with E-state index in [1.807, 2.05) is 6.92 Å². The highest BCUT2D eigenvalue weighted by Crippen LogP contribution is 2.04. The summed E-state index contributed by atoms with van der Waals surface area (Å²) in [7, 11) is 0. The first-order chi connectivity index (χ1) is 17.3. The summed E-state index contributed by atoms with van der Waals surface area (Å²) in [6.45, 7) is 3.35. The van der Waals surface area contributed by atoms with Gasteiger partial charge in [-0.15, -0.1) is 20.4 Å². The van der Waals surface area contributed by atoms with Crippen LogP contribution in [-0.2, 0) is 0 Å². The summed E-state index contributed by atoms with van der Waals surface area (Å²) in [5, 5.41) is 23.3. The molecular weight excluding hydrogens is 464 g/mol. The second-order valence-electron chi connectivity index (χ2n) is 6.79. The van der Waals surface area contributed by atoms with Gasteiger partial charge in [0.1, 0.15) is 12.2 Å². The second-order valence-corrected chi connectivity index (χ2v) is 6.79. The molecule has 13 N–H and O–H groups in total. The number of aromatic nitrogens is 2. The van der Waals surface area contributed by atoms with Crippen LogP contribution in [0.4, 0.5) is 0 Å². The van der Waals surface area contributed by atoms with Gasteiger partial charge in [0.05, 0.1) is 5.56 Å². The largest absolute Gasteiger partial charge is 0.478 e. The number of nitrogens with zero attached hydrogens (tertiary/aromatic N) is 6. The third kappa shape index (κ3) is 14.7. The summed E-state index contributed by atoms with van der Waals surface area (Å²) in [5.41, 5.74) is 32.9. The van der Waals surface area contributed by atoms with Crippen molar-refractivity contribution in [3.05, 3.63) is 59.7 Å². The summed E-state index contributed by atoms with van der Waals surface area (Å²) in [6.07, 6.45) is 7.86. The highest BCUT2D eigenvalue weighted by molar-refractivity contribution is 5.98. The Kier molecular flexibility index (Phi) is 17.5. The predicted octanol–water partition coefficient (Wildman–Crippen LogP) is -0.0697. The van der Waals surface area contributed by atoms with Crippen molar-refractivity contribution in [1.29, 1.82) is 0 Å². The highest BCUT2D eigenvalue weighted by Gasteiger charge is 2.03. The Hall–Kier alpha value is -4.43. The Morgan fingerprint density at radius 1 is 0.917 bits per heavy atom. The lowest BCUT2D eigenvalue weighted by atomic mass is 10.1. The molecule has 0 aliphatic rings. The average Bonchev–Trinajstić information content (AvgIpc) is 2.89. The van der Waals surface area contributed by atoms with E-state index in [9.17, 15) is 4.79 Å². The SMILES string of the molecule is CCN.N/C=N\N=C(/N)c1ccc(C(=O)O)cc1.NCCCCC/C(N)=N/N=C(\N)c1ncccn1. The minimum absolute atomic E-state index is 0.153. The van der Waals surface area contributed by atoms with E-state index in [2.05, 4.69) is 30.4 Å². The van der Waals surface area contributed by atoms with Crippen molar-refractivity contribution in [3.63, 3.8) is 0 Å². The number of carboxylic acids is 1. The average molecular weight is 501 g/mol. The molecule has 0 aliphatic heterocycles. The minimum Gasteiger partial charge on any atom is -0.478 e. The van der Waals surface area contributed by atoms with E-state index < -0.39 is 5.97 Å². The van der Waals surface area contributed by atoms with Crippen LogP contribution in [0.2, 0.25) is 0 Å². The van der Waals surface area contributed by atoms with Crippen LogP contribution in [-0.4, -0.2) is 58.0 Å². The molecular formula is C22H36N12O2. The van der Waals surface area contributed by atoms with Crippen LogP contribution < -0.4 is 34.4 Å². The number of carboxylic acid groups (broad SMARTS) is 1. The van der Waals surface area contributed by atoms with Crippen LogP contribution in [0.5, 0.6) is 0 Å². The smallest absolute Gasteiger partial charge is 0.335 e. The van der Waals surface area contributed by atoms with Gasteiger partial charge < -0.3 is 39.5 Å². The fourth-order valence-corrected chi connectivity index (χ4v) is 2.21. The molecule has 2 aromatic rings. The first-order valence-corrected chi connectivity index (χ1v) is 11.0. The van der Waals surface area contributed by atoms with Crippen molar-refractivity contribution in [2.24, 2.45) is 54.8 Å². The molecule has 196 valence electrons.